The first-order chi connectivity index (χ1) is 11.0. The van der Waals surface area contributed by atoms with E-state index in [0.717, 1.165) is 25.7 Å². The Hall–Kier alpha value is -0.750. The third kappa shape index (κ3) is 5.38. The first-order valence-corrected chi connectivity index (χ1v) is 9.91. The standard InChI is InChI=1S/C17H30N2O3S/c1-12(2)4-5-13(3)18-16(20)15-10-23-11-19(15)17(21)14-6-8-22-9-7-14/h12-15H,4-11H2,1-3H3,(H,18,20)/t13-,15+/m1/s1. The van der Waals surface area contributed by atoms with E-state index in [1.807, 2.05) is 6.92 Å². The number of hydrogen-bond donors (Lipinski definition) is 1. The molecule has 1 N–H and O–H groups in total. The van der Waals surface area contributed by atoms with Gasteiger partial charge in [-0.15, -0.1) is 11.8 Å². The van der Waals surface area contributed by atoms with Gasteiger partial charge in [-0.05, 0) is 38.5 Å². The number of carbonyl (C=O) groups excluding carboxylic acids is 2. The van der Waals surface area contributed by atoms with E-state index in [1.165, 1.54) is 0 Å². The molecule has 2 rings (SSSR count). The van der Waals surface area contributed by atoms with Gasteiger partial charge in [-0.2, -0.15) is 0 Å². The van der Waals surface area contributed by atoms with Crippen LogP contribution in [0.3, 0.4) is 0 Å². The summed E-state index contributed by atoms with van der Waals surface area (Å²) in [5, 5.41) is 3.09. The highest BCUT2D eigenvalue weighted by atomic mass is 32.2. The molecule has 2 fully saturated rings. The van der Waals surface area contributed by atoms with E-state index in [9.17, 15) is 9.59 Å². The van der Waals surface area contributed by atoms with Gasteiger partial charge in [-0.25, -0.2) is 0 Å². The summed E-state index contributed by atoms with van der Waals surface area (Å²) in [4.78, 5) is 27.0. The van der Waals surface area contributed by atoms with Crippen molar-refractivity contribution in [3.05, 3.63) is 0 Å². The van der Waals surface area contributed by atoms with Crippen molar-refractivity contribution in [1.82, 2.24) is 10.2 Å². The summed E-state index contributed by atoms with van der Waals surface area (Å²) in [5.74, 6) is 2.14. The molecule has 0 aromatic heterocycles. The summed E-state index contributed by atoms with van der Waals surface area (Å²) in [7, 11) is 0. The Morgan fingerprint density at radius 1 is 1.22 bits per heavy atom. The second-order valence-electron chi connectivity index (χ2n) is 7.09. The van der Waals surface area contributed by atoms with Crippen LogP contribution in [0.5, 0.6) is 0 Å². The van der Waals surface area contributed by atoms with Crippen molar-refractivity contribution in [3.8, 4) is 0 Å². The van der Waals surface area contributed by atoms with Gasteiger partial charge in [0.2, 0.25) is 11.8 Å². The number of amides is 2. The van der Waals surface area contributed by atoms with E-state index in [2.05, 4.69) is 19.2 Å². The third-order valence-corrected chi connectivity index (χ3v) is 5.62. The van der Waals surface area contributed by atoms with Crippen LogP contribution >= 0.6 is 11.8 Å². The molecule has 0 spiro atoms. The van der Waals surface area contributed by atoms with E-state index >= 15 is 0 Å². The summed E-state index contributed by atoms with van der Waals surface area (Å²) >= 11 is 1.67. The fourth-order valence-corrected chi connectivity index (χ4v) is 4.21. The highest BCUT2D eigenvalue weighted by molar-refractivity contribution is 7.99. The molecule has 2 amide bonds. The highest BCUT2D eigenvalue weighted by Gasteiger charge is 2.38. The smallest absolute Gasteiger partial charge is 0.243 e. The van der Waals surface area contributed by atoms with E-state index in [4.69, 9.17) is 4.74 Å². The number of nitrogens with zero attached hydrogens (tertiary/aromatic N) is 1. The molecule has 0 aliphatic carbocycles. The van der Waals surface area contributed by atoms with Gasteiger partial charge in [0.05, 0.1) is 5.88 Å². The van der Waals surface area contributed by atoms with Crippen LogP contribution in [0.15, 0.2) is 0 Å². The molecule has 2 aliphatic heterocycles. The van der Waals surface area contributed by atoms with Crippen LogP contribution in [0.2, 0.25) is 0 Å². The molecule has 6 heteroatoms. The van der Waals surface area contributed by atoms with Crippen LogP contribution in [0.4, 0.5) is 0 Å². The Bertz CT molecular complexity index is 411. The molecule has 0 radical (unpaired) electrons. The molecule has 0 aromatic rings. The van der Waals surface area contributed by atoms with Gasteiger partial charge in [0, 0.05) is 30.9 Å². The summed E-state index contributed by atoms with van der Waals surface area (Å²) < 4.78 is 5.33. The molecule has 2 atom stereocenters. The number of ether oxygens (including phenoxy) is 1. The topological polar surface area (TPSA) is 58.6 Å². The maximum atomic E-state index is 12.7. The van der Waals surface area contributed by atoms with Gasteiger partial charge in [0.15, 0.2) is 0 Å². The number of carbonyl (C=O) groups is 2. The molecule has 132 valence electrons. The van der Waals surface area contributed by atoms with Crippen molar-refractivity contribution in [1.29, 1.82) is 0 Å². The fraction of sp³-hybridized carbons (Fsp3) is 0.882. The van der Waals surface area contributed by atoms with Crippen LogP contribution < -0.4 is 5.32 Å². The van der Waals surface area contributed by atoms with Gasteiger partial charge >= 0.3 is 0 Å². The van der Waals surface area contributed by atoms with Crippen molar-refractivity contribution < 1.29 is 14.3 Å². The van der Waals surface area contributed by atoms with Gasteiger partial charge in [-0.3, -0.25) is 9.59 Å². The number of nitrogens with one attached hydrogen (secondary N) is 1. The predicted molar refractivity (Wildman–Crippen MR) is 93.2 cm³/mol. The van der Waals surface area contributed by atoms with E-state index < -0.39 is 0 Å². The molecule has 0 aromatic carbocycles. The zero-order valence-corrected chi connectivity index (χ0v) is 15.4. The molecule has 0 bridgehead atoms. The van der Waals surface area contributed by atoms with E-state index in [-0.39, 0.29) is 29.8 Å². The van der Waals surface area contributed by atoms with Crippen molar-refractivity contribution >= 4 is 23.6 Å². The predicted octanol–water partition coefficient (Wildman–Crippen LogP) is 2.26. The molecule has 0 unspecified atom stereocenters. The average Bonchev–Trinajstić information content (AvgIpc) is 3.02. The normalized spacial score (nSPS) is 24.0. The molecule has 0 saturated carbocycles. The minimum absolute atomic E-state index is 0.00617. The molecular weight excluding hydrogens is 312 g/mol. The molecular formula is C17H30N2O3S. The quantitative estimate of drug-likeness (QED) is 0.804. The van der Waals surface area contributed by atoms with Crippen LogP contribution in [-0.2, 0) is 14.3 Å². The van der Waals surface area contributed by atoms with Crippen LogP contribution in [0.25, 0.3) is 0 Å². The maximum absolute atomic E-state index is 12.7. The van der Waals surface area contributed by atoms with Gasteiger partial charge in [0.25, 0.3) is 0 Å². The van der Waals surface area contributed by atoms with Crippen LogP contribution in [0, 0.1) is 11.8 Å². The van der Waals surface area contributed by atoms with Gasteiger partial charge in [0.1, 0.15) is 6.04 Å². The minimum Gasteiger partial charge on any atom is -0.381 e. The summed E-state index contributed by atoms with van der Waals surface area (Å²) in [5.41, 5.74) is 0. The lowest BCUT2D eigenvalue weighted by Crippen LogP contribution is -2.51. The molecule has 2 saturated heterocycles. The Morgan fingerprint density at radius 3 is 2.57 bits per heavy atom. The fourth-order valence-electron chi connectivity index (χ4n) is 3.05. The van der Waals surface area contributed by atoms with E-state index in [1.54, 1.807) is 16.7 Å². The molecule has 2 aliphatic rings. The second-order valence-corrected chi connectivity index (χ2v) is 8.09. The van der Waals surface area contributed by atoms with E-state index in [0.29, 0.717) is 30.8 Å². The zero-order valence-electron chi connectivity index (χ0n) is 14.5. The van der Waals surface area contributed by atoms with Crippen LogP contribution in [-0.4, -0.2) is 53.6 Å². The second kappa shape index (κ2) is 8.92. The Kier molecular flexibility index (Phi) is 7.21. The van der Waals surface area contributed by atoms with Crippen molar-refractivity contribution in [3.63, 3.8) is 0 Å². The van der Waals surface area contributed by atoms with Gasteiger partial charge < -0.3 is 15.0 Å². The van der Waals surface area contributed by atoms with Gasteiger partial charge in [-0.1, -0.05) is 13.8 Å². The monoisotopic (exact) mass is 342 g/mol. The summed E-state index contributed by atoms with van der Waals surface area (Å²) in [6, 6.07) is -0.146. The first kappa shape index (κ1) is 18.6. The first-order valence-electron chi connectivity index (χ1n) is 8.75. The Morgan fingerprint density at radius 2 is 1.91 bits per heavy atom. The lowest BCUT2D eigenvalue weighted by atomic mass is 9.98. The summed E-state index contributed by atoms with van der Waals surface area (Å²) in [6.45, 7) is 7.74. The average molecular weight is 343 g/mol. The Balaban J connectivity index is 1.87. The molecule has 23 heavy (non-hydrogen) atoms. The minimum atomic E-state index is -0.308. The third-order valence-electron chi connectivity index (χ3n) is 4.60. The van der Waals surface area contributed by atoms with Crippen LogP contribution in [0.1, 0.15) is 46.5 Å². The van der Waals surface area contributed by atoms with Crippen molar-refractivity contribution in [2.45, 2.75) is 58.5 Å². The number of rotatable bonds is 6. The van der Waals surface area contributed by atoms with Crippen molar-refractivity contribution in [2.75, 3.05) is 24.8 Å². The summed E-state index contributed by atoms with van der Waals surface area (Å²) in [6.07, 6.45) is 3.64. The number of hydrogen-bond acceptors (Lipinski definition) is 4. The number of thioether (sulfide) groups is 1. The highest BCUT2D eigenvalue weighted by Crippen LogP contribution is 2.26. The lowest BCUT2D eigenvalue weighted by molar-refractivity contribution is -0.143. The molecule has 5 nitrogen and oxygen atoms in total. The zero-order chi connectivity index (χ0) is 16.8. The lowest BCUT2D eigenvalue weighted by Gasteiger charge is -2.30. The Labute approximate surface area is 143 Å². The van der Waals surface area contributed by atoms with Crippen molar-refractivity contribution in [2.24, 2.45) is 11.8 Å². The maximum Gasteiger partial charge on any atom is 0.243 e. The SMILES string of the molecule is CC(C)CC[C@@H](C)NC(=O)[C@@H]1CSCN1C(=O)C1CCOCC1. The molecule has 2 heterocycles. The largest absolute Gasteiger partial charge is 0.381 e.